The fourth-order valence-electron chi connectivity index (χ4n) is 2.09. The van der Waals surface area contributed by atoms with Crippen LogP contribution < -0.4 is 0 Å². The summed E-state index contributed by atoms with van der Waals surface area (Å²) >= 11 is 0. The van der Waals surface area contributed by atoms with E-state index in [0.717, 1.165) is 12.8 Å². The van der Waals surface area contributed by atoms with Crippen molar-refractivity contribution in [3.63, 3.8) is 0 Å². The first-order valence-corrected chi connectivity index (χ1v) is 4.57. The van der Waals surface area contributed by atoms with Crippen molar-refractivity contribution in [3.05, 3.63) is 0 Å². The molecule has 0 bridgehead atoms. The molecule has 0 heterocycles. The van der Waals surface area contributed by atoms with Crippen LogP contribution in [0.25, 0.3) is 0 Å². The molecule has 11 heavy (non-hydrogen) atoms. The predicted octanol–water partition coefficient (Wildman–Crippen LogP) is 0.920. The van der Waals surface area contributed by atoms with Crippen molar-refractivity contribution in [2.24, 2.45) is 11.3 Å². The summed E-state index contributed by atoms with van der Waals surface area (Å²) in [6.07, 6.45) is 5.37. The van der Waals surface area contributed by atoms with Crippen molar-refractivity contribution in [2.45, 2.75) is 38.2 Å². The molecule has 0 spiro atoms. The molecule has 0 saturated heterocycles. The molecule has 2 heteroatoms. The van der Waals surface area contributed by atoms with Gasteiger partial charge in [0.2, 0.25) is 0 Å². The van der Waals surface area contributed by atoms with Gasteiger partial charge in [0.25, 0.3) is 0 Å². The lowest BCUT2D eigenvalue weighted by Crippen LogP contribution is -2.45. The number of aliphatic hydroxyl groups excluding tert-OH is 2. The third kappa shape index (κ3) is 1.09. The molecule has 0 radical (unpaired) electrons. The summed E-state index contributed by atoms with van der Waals surface area (Å²) in [5.74, 6) is 0.516. The maximum atomic E-state index is 9.80. The summed E-state index contributed by atoms with van der Waals surface area (Å²) in [6.45, 7) is 0.185. The van der Waals surface area contributed by atoms with Gasteiger partial charge < -0.3 is 10.2 Å². The Balaban J connectivity index is 1.98. The molecule has 2 nitrogen and oxygen atoms in total. The highest BCUT2D eigenvalue weighted by Gasteiger charge is 2.48. The highest BCUT2D eigenvalue weighted by molar-refractivity contribution is 4.99. The van der Waals surface area contributed by atoms with Gasteiger partial charge in [-0.05, 0) is 31.6 Å². The third-order valence-electron chi connectivity index (χ3n) is 3.36. The van der Waals surface area contributed by atoms with Crippen LogP contribution in [0.2, 0.25) is 0 Å². The van der Waals surface area contributed by atoms with Gasteiger partial charge in [-0.2, -0.15) is 0 Å². The van der Waals surface area contributed by atoms with Gasteiger partial charge in [-0.25, -0.2) is 0 Å². The summed E-state index contributed by atoms with van der Waals surface area (Å²) in [4.78, 5) is 0. The van der Waals surface area contributed by atoms with E-state index < -0.39 is 0 Å². The zero-order chi connectivity index (χ0) is 7.90. The van der Waals surface area contributed by atoms with Crippen molar-refractivity contribution in [3.8, 4) is 0 Å². The first-order valence-electron chi connectivity index (χ1n) is 4.57. The molecule has 2 saturated carbocycles. The number of aliphatic hydroxyl groups is 2. The van der Waals surface area contributed by atoms with E-state index in [2.05, 4.69) is 0 Å². The van der Waals surface area contributed by atoms with Crippen LogP contribution in [-0.4, -0.2) is 22.9 Å². The Morgan fingerprint density at radius 1 is 1.36 bits per heavy atom. The van der Waals surface area contributed by atoms with Crippen LogP contribution in [0.4, 0.5) is 0 Å². The van der Waals surface area contributed by atoms with Crippen molar-refractivity contribution >= 4 is 0 Å². The van der Waals surface area contributed by atoms with Crippen molar-refractivity contribution in [1.29, 1.82) is 0 Å². The molecule has 0 unspecified atom stereocenters. The lowest BCUT2D eigenvalue weighted by Gasteiger charge is -2.44. The van der Waals surface area contributed by atoms with E-state index in [0.29, 0.717) is 5.92 Å². The zero-order valence-corrected chi connectivity index (χ0v) is 6.79. The van der Waals surface area contributed by atoms with Crippen LogP contribution in [0, 0.1) is 11.3 Å². The Bertz CT molecular complexity index is 142. The molecule has 0 aromatic rings. The predicted molar refractivity (Wildman–Crippen MR) is 42.1 cm³/mol. The van der Waals surface area contributed by atoms with Gasteiger partial charge in [-0.3, -0.25) is 0 Å². The average molecular weight is 156 g/mol. The van der Waals surface area contributed by atoms with Crippen LogP contribution in [-0.2, 0) is 0 Å². The minimum Gasteiger partial charge on any atom is -0.396 e. The maximum Gasteiger partial charge on any atom is 0.0646 e. The second-order valence-corrected chi connectivity index (χ2v) is 4.16. The third-order valence-corrected chi connectivity index (χ3v) is 3.36. The molecule has 0 aromatic carbocycles. The molecule has 1 atom stereocenters. The van der Waals surface area contributed by atoms with E-state index in [1.165, 1.54) is 19.3 Å². The second-order valence-electron chi connectivity index (χ2n) is 4.16. The molecule has 2 fully saturated rings. The van der Waals surface area contributed by atoms with E-state index in [-0.39, 0.29) is 18.1 Å². The minimum absolute atomic E-state index is 0.0822. The summed E-state index contributed by atoms with van der Waals surface area (Å²) in [6, 6.07) is 0. The fourth-order valence-corrected chi connectivity index (χ4v) is 2.09. The Morgan fingerprint density at radius 2 is 2.00 bits per heavy atom. The smallest absolute Gasteiger partial charge is 0.0646 e. The monoisotopic (exact) mass is 156 g/mol. The largest absolute Gasteiger partial charge is 0.396 e. The molecule has 0 aliphatic heterocycles. The standard InChI is InChI=1S/C9H16O2/c10-6-9(4-1-5-9)8(11)7-2-3-7/h7-8,10-11H,1-6H2/t8-/m1/s1. The summed E-state index contributed by atoms with van der Waals surface area (Å²) in [5, 5.41) is 18.9. The first-order chi connectivity index (χ1) is 5.28. The summed E-state index contributed by atoms with van der Waals surface area (Å²) in [7, 11) is 0. The van der Waals surface area contributed by atoms with Gasteiger partial charge in [0, 0.05) is 5.41 Å². The highest BCUT2D eigenvalue weighted by Crippen LogP contribution is 2.50. The van der Waals surface area contributed by atoms with Crippen LogP contribution in [0.5, 0.6) is 0 Å². The van der Waals surface area contributed by atoms with Crippen LogP contribution >= 0.6 is 0 Å². The topological polar surface area (TPSA) is 40.5 Å². The van der Waals surface area contributed by atoms with E-state index >= 15 is 0 Å². The van der Waals surface area contributed by atoms with Gasteiger partial charge in [-0.1, -0.05) is 6.42 Å². The Morgan fingerprint density at radius 3 is 2.27 bits per heavy atom. The number of rotatable bonds is 3. The molecule has 64 valence electrons. The van der Waals surface area contributed by atoms with E-state index in [1.807, 2.05) is 0 Å². The number of hydrogen-bond acceptors (Lipinski definition) is 2. The van der Waals surface area contributed by atoms with Crippen LogP contribution in [0.3, 0.4) is 0 Å². The van der Waals surface area contributed by atoms with Crippen molar-refractivity contribution in [2.75, 3.05) is 6.61 Å². The Labute approximate surface area is 67.2 Å². The van der Waals surface area contributed by atoms with E-state index in [1.54, 1.807) is 0 Å². The Kier molecular flexibility index (Phi) is 1.69. The van der Waals surface area contributed by atoms with Gasteiger partial charge in [0.15, 0.2) is 0 Å². The maximum absolute atomic E-state index is 9.80. The SMILES string of the molecule is OCC1([C@H](O)C2CC2)CCC1. The molecule has 0 amide bonds. The van der Waals surface area contributed by atoms with Gasteiger partial charge in [-0.15, -0.1) is 0 Å². The molecule has 2 rings (SSSR count). The van der Waals surface area contributed by atoms with E-state index in [4.69, 9.17) is 5.11 Å². The molecule has 2 aliphatic carbocycles. The molecule has 2 aliphatic rings. The van der Waals surface area contributed by atoms with Gasteiger partial charge >= 0.3 is 0 Å². The lowest BCUT2D eigenvalue weighted by atomic mass is 9.64. The molecular formula is C9H16O2. The quantitative estimate of drug-likeness (QED) is 0.638. The van der Waals surface area contributed by atoms with E-state index in [9.17, 15) is 5.11 Å². The van der Waals surface area contributed by atoms with Gasteiger partial charge in [0.1, 0.15) is 0 Å². The van der Waals surface area contributed by atoms with Crippen molar-refractivity contribution in [1.82, 2.24) is 0 Å². The van der Waals surface area contributed by atoms with Crippen LogP contribution in [0.1, 0.15) is 32.1 Å². The van der Waals surface area contributed by atoms with Gasteiger partial charge in [0.05, 0.1) is 12.7 Å². The summed E-state index contributed by atoms with van der Waals surface area (Å²) in [5.41, 5.74) is -0.0822. The summed E-state index contributed by atoms with van der Waals surface area (Å²) < 4.78 is 0. The highest BCUT2D eigenvalue weighted by atomic mass is 16.3. The first kappa shape index (κ1) is 7.56. The molecule has 0 aromatic heterocycles. The molecular weight excluding hydrogens is 140 g/mol. The fraction of sp³-hybridized carbons (Fsp3) is 1.00. The zero-order valence-electron chi connectivity index (χ0n) is 6.79. The van der Waals surface area contributed by atoms with Crippen molar-refractivity contribution < 1.29 is 10.2 Å². The number of hydrogen-bond donors (Lipinski definition) is 2. The Hall–Kier alpha value is -0.0800. The lowest BCUT2D eigenvalue weighted by molar-refractivity contribution is -0.0811. The second kappa shape index (κ2) is 2.46. The minimum atomic E-state index is -0.207. The van der Waals surface area contributed by atoms with Crippen LogP contribution in [0.15, 0.2) is 0 Å². The average Bonchev–Trinajstić information content (AvgIpc) is 2.66. The normalized spacial score (nSPS) is 31.1. The molecule has 2 N–H and O–H groups in total.